The Balaban J connectivity index is 1.96. The Labute approximate surface area is 145 Å². The molecule has 1 aromatic heterocycles. The van der Waals surface area contributed by atoms with Crippen LogP contribution in [-0.2, 0) is 0 Å². The van der Waals surface area contributed by atoms with Crippen LogP contribution >= 0.6 is 33.9 Å². The summed E-state index contributed by atoms with van der Waals surface area (Å²) in [4.78, 5) is 16.9. The zero-order valence-corrected chi connectivity index (χ0v) is 15.0. The molecule has 6 heteroatoms. The van der Waals surface area contributed by atoms with Gasteiger partial charge in [-0.3, -0.25) is 10.1 Å². The largest absolute Gasteiger partial charge is 0.494 e. The van der Waals surface area contributed by atoms with Gasteiger partial charge in [0.05, 0.1) is 17.4 Å². The molecule has 0 aliphatic carbocycles. The molecule has 0 radical (unpaired) electrons. The van der Waals surface area contributed by atoms with E-state index in [4.69, 9.17) is 4.74 Å². The van der Waals surface area contributed by atoms with Gasteiger partial charge in [-0.05, 0) is 53.3 Å². The summed E-state index contributed by atoms with van der Waals surface area (Å²) in [7, 11) is 1.62. The van der Waals surface area contributed by atoms with Crippen LogP contribution in [0.1, 0.15) is 15.9 Å². The Morgan fingerprint density at radius 2 is 2.05 bits per heavy atom. The SMILES string of the molecule is COc1ccc(C)c2sc(NC(=O)c3ccccc3I)nc12. The maximum atomic E-state index is 12.4. The monoisotopic (exact) mass is 424 g/mol. The molecule has 1 heterocycles. The van der Waals surface area contributed by atoms with Gasteiger partial charge < -0.3 is 4.74 Å². The molecule has 0 saturated heterocycles. The van der Waals surface area contributed by atoms with Gasteiger partial charge in [-0.25, -0.2) is 4.98 Å². The highest BCUT2D eigenvalue weighted by atomic mass is 127. The molecule has 0 aliphatic rings. The lowest BCUT2D eigenvalue weighted by Gasteiger charge is -2.03. The first kappa shape index (κ1) is 15.2. The first-order chi connectivity index (χ1) is 10.6. The molecule has 1 N–H and O–H groups in total. The molecular weight excluding hydrogens is 411 g/mol. The first-order valence-corrected chi connectivity index (χ1v) is 8.49. The minimum Gasteiger partial charge on any atom is -0.494 e. The Morgan fingerprint density at radius 1 is 1.27 bits per heavy atom. The number of benzene rings is 2. The van der Waals surface area contributed by atoms with Crippen molar-refractivity contribution in [2.24, 2.45) is 0 Å². The number of amides is 1. The number of carbonyl (C=O) groups is 1. The van der Waals surface area contributed by atoms with Gasteiger partial charge in [-0.15, -0.1) is 0 Å². The Morgan fingerprint density at radius 3 is 2.77 bits per heavy atom. The molecule has 0 aliphatic heterocycles. The van der Waals surface area contributed by atoms with Gasteiger partial charge in [0.25, 0.3) is 5.91 Å². The molecule has 112 valence electrons. The van der Waals surface area contributed by atoms with Crippen LogP contribution in [0, 0.1) is 10.5 Å². The van der Waals surface area contributed by atoms with E-state index in [1.54, 1.807) is 13.2 Å². The number of nitrogens with one attached hydrogen (secondary N) is 1. The molecule has 0 spiro atoms. The zero-order chi connectivity index (χ0) is 15.7. The van der Waals surface area contributed by atoms with Gasteiger partial charge in [0.15, 0.2) is 5.13 Å². The highest BCUT2D eigenvalue weighted by molar-refractivity contribution is 14.1. The van der Waals surface area contributed by atoms with E-state index < -0.39 is 0 Å². The van der Waals surface area contributed by atoms with Crippen LogP contribution < -0.4 is 10.1 Å². The highest BCUT2D eigenvalue weighted by Crippen LogP contribution is 2.34. The van der Waals surface area contributed by atoms with Gasteiger partial charge in [-0.1, -0.05) is 29.5 Å². The molecule has 22 heavy (non-hydrogen) atoms. The van der Waals surface area contributed by atoms with E-state index in [0.29, 0.717) is 16.4 Å². The van der Waals surface area contributed by atoms with Crippen LogP contribution in [0.3, 0.4) is 0 Å². The Bertz CT molecular complexity index is 860. The second-order valence-electron chi connectivity index (χ2n) is 4.72. The summed E-state index contributed by atoms with van der Waals surface area (Å²) in [6.45, 7) is 2.02. The maximum absolute atomic E-state index is 12.4. The van der Waals surface area contributed by atoms with Gasteiger partial charge in [0.2, 0.25) is 0 Å². The van der Waals surface area contributed by atoms with E-state index in [0.717, 1.165) is 19.4 Å². The van der Waals surface area contributed by atoms with Crippen molar-refractivity contribution >= 4 is 55.2 Å². The van der Waals surface area contributed by atoms with Crippen LogP contribution in [0.25, 0.3) is 10.2 Å². The fraction of sp³-hybridized carbons (Fsp3) is 0.125. The number of methoxy groups -OCH3 is 1. The van der Waals surface area contributed by atoms with Crippen molar-refractivity contribution in [1.29, 1.82) is 0 Å². The number of carbonyl (C=O) groups excluding carboxylic acids is 1. The average Bonchev–Trinajstić information content (AvgIpc) is 2.92. The number of rotatable bonds is 3. The molecule has 4 nitrogen and oxygen atoms in total. The number of ether oxygens (including phenoxy) is 1. The number of thiazole rings is 1. The van der Waals surface area contributed by atoms with Crippen LogP contribution in [0.5, 0.6) is 5.75 Å². The summed E-state index contributed by atoms with van der Waals surface area (Å²) in [5.41, 5.74) is 2.54. The second-order valence-corrected chi connectivity index (χ2v) is 6.88. The third kappa shape index (κ3) is 2.80. The number of anilines is 1. The van der Waals surface area contributed by atoms with Gasteiger partial charge in [-0.2, -0.15) is 0 Å². The zero-order valence-electron chi connectivity index (χ0n) is 12.0. The molecule has 0 atom stereocenters. The molecule has 2 aromatic carbocycles. The maximum Gasteiger partial charge on any atom is 0.258 e. The molecule has 0 unspecified atom stereocenters. The Hall–Kier alpha value is -1.67. The van der Waals surface area contributed by atoms with Crippen molar-refractivity contribution in [2.45, 2.75) is 6.92 Å². The van der Waals surface area contributed by atoms with Crippen LogP contribution in [-0.4, -0.2) is 18.0 Å². The molecule has 1 amide bonds. The van der Waals surface area contributed by atoms with E-state index in [2.05, 4.69) is 32.9 Å². The lowest BCUT2D eigenvalue weighted by Crippen LogP contribution is -2.12. The number of hydrogen-bond acceptors (Lipinski definition) is 4. The molecule has 0 fully saturated rings. The highest BCUT2D eigenvalue weighted by Gasteiger charge is 2.15. The lowest BCUT2D eigenvalue weighted by molar-refractivity contribution is 0.102. The normalized spacial score (nSPS) is 10.7. The first-order valence-electron chi connectivity index (χ1n) is 6.60. The molecule has 3 aromatic rings. The summed E-state index contributed by atoms with van der Waals surface area (Å²) in [6.07, 6.45) is 0. The molecule has 3 rings (SSSR count). The number of halogens is 1. The van der Waals surface area contributed by atoms with E-state index >= 15 is 0 Å². The van der Waals surface area contributed by atoms with E-state index in [1.165, 1.54) is 11.3 Å². The number of fused-ring (bicyclic) bond motifs is 1. The fourth-order valence-electron chi connectivity index (χ4n) is 2.14. The van der Waals surface area contributed by atoms with Crippen molar-refractivity contribution in [3.63, 3.8) is 0 Å². The standard InChI is InChI=1S/C16H13IN2O2S/c1-9-7-8-12(21-2)13-14(9)22-16(18-13)19-15(20)10-5-3-4-6-11(10)17/h3-8H,1-2H3,(H,18,19,20). The molecular formula is C16H13IN2O2S. The predicted octanol–water partition coefficient (Wildman–Crippen LogP) is 4.47. The third-order valence-electron chi connectivity index (χ3n) is 3.26. The Kier molecular flexibility index (Phi) is 4.30. The summed E-state index contributed by atoms with van der Waals surface area (Å²) in [5.74, 6) is 0.562. The molecule has 0 saturated carbocycles. The summed E-state index contributed by atoms with van der Waals surface area (Å²) < 4.78 is 7.27. The summed E-state index contributed by atoms with van der Waals surface area (Å²) in [6, 6.07) is 11.3. The third-order valence-corrected chi connectivity index (χ3v) is 5.31. The number of aryl methyl sites for hydroxylation is 1. The average molecular weight is 424 g/mol. The van der Waals surface area contributed by atoms with Gasteiger partial charge in [0.1, 0.15) is 11.3 Å². The van der Waals surface area contributed by atoms with Gasteiger partial charge in [0, 0.05) is 3.57 Å². The predicted molar refractivity (Wildman–Crippen MR) is 98.0 cm³/mol. The quantitative estimate of drug-likeness (QED) is 0.632. The minimum absolute atomic E-state index is 0.152. The summed E-state index contributed by atoms with van der Waals surface area (Å²) >= 11 is 3.61. The smallest absolute Gasteiger partial charge is 0.258 e. The van der Waals surface area contributed by atoms with E-state index in [9.17, 15) is 4.79 Å². The van der Waals surface area contributed by atoms with Gasteiger partial charge >= 0.3 is 0 Å². The van der Waals surface area contributed by atoms with Crippen LogP contribution in [0.15, 0.2) is 36.4 Å². The van der Waals surface area contributed by atoms with Crippen molar-refractivity contribution in [1.82, 2.24) is 4.98 Å². The van der Waals surface area contributed by atoms with Crippen LogP contribution in [0.2, 0.25) is 0 Å². The van der Waals surface area contributed by atoms with Crippen LogP contribution in [0.4, 0.5) is 5.13 Å². The topological polar surface area (TPSA) is 51.2 Å². The van der Waals surface area contributed by atoms with E-state index in [-0.39, 0.29) is 5.91 Å². The number of nitrogens with zero attached hydrogens (tertiary/aromatic N) is 1. The number of aromatic nitrogens is 1. The van der Waals surface area contributed by atoms with Crippen molar-refractivity contribution in [3.05, 3.63) is 51.1 Å². The van der Waals surface area contributed by atoms with Crippen molar-refractivity contribution in [2.75, 3.05) is 12.4 Å². The van der Waals surface area contributed by atoms with Crippen molar-refractivity contribution in [3.8, 4) is 5.75 Å². The fourth-order valence-corrected chi connectivity index (χ4v) is 3.72. The minimum atomic E-state index is -0.152. The number of hydrogen-bond donors (Lipinski definition) is 1. The van der Waals surface area contributed by atoms with E-state index in [1.807, 2.05) is 37.3 Å². The second kappa shape index (κ2) is 6.21. The summed E-state index contributed by atoms with van der Waals surface area (Å²) in [5, 5.41) is 3.45. The lowest BCUT2D eigenvalue weighted by atomic mass is 10.2. The molecule has 0 bridgehead atoms. The van der Waals surface area contributed by atoms with Crippen molar-refractivity contribution < 1.29 is 9.53 Å².